The van der Waals surface area contributed by atoms with E-state index in [4.69, 9.17) is 0 Å². The number of aryl methyl sites for hydroxylation is 2. The third-order valence-electron chi connectivity index (χ3n) is 3.78. The number of hydrogen-bond acceptors (Lipinski definition) is 3. The normalized spacial score (nSPS) is 17.0. The molecule has 19 heavy (non-hydrogen) atoms. The van der Waals surface area contributed by atoms with Crippen molar-refractivity contribution in [2.24, 2.45) is 0 Å². The number of carbonyl (C=O) groups excluding carboxylic acids is 1. The number of rotatable bonds is 4. The van der Waals surface area contributed by atoms with Crippen molar-refractivity contribution in [2.45, 2.75) is 13.8 Å². The van der Waals surface area contributed by atoms with Crippen LogP contribution in [-0.4, -0.2) is 50.6 Å². The molecule has 4 nitrogen and oxygen atoms in total. The monoisotopic (exact) mass is 261 g/mol. The molecule has 1 saturated heterocycles. The molecule has 1 N–H and O–H groups in total. The van der Waals surface area contributed by atoms with Gasteiger partial charge in [-0.05, 0) is 44.2 Å². The summed E-state index contributed by atoms with van der Waals surface area (Å²) in [6.45, 7) is 8.29. The Hall–Kier alpha value is -1.39. The Bertz CT molecular complexity index is 459. The predicted molar refractivity (Wildman–Crippen MR) is 78.6 cm³/mol. The Morgan fingerprint density at radius 3 is 2.63 bits per heavy atom. The number of nitrogens with zero attached hydrogens (tertiary/aromatic N) is 2. The highest BCUT2D eigenvalue weighted by Crippen LogP contribution is 2.20. The smallest absolute Gasteiger partial charge is 0.241 e. The van der Waals surface area contributed by atoms with E-state index in [-0.39, 0.29) is 5.91 Å². The van der Waals surface area contributed by atoms with Crippen molar-refractivity contribution in [3.63, 3.8) is 0 Å². The molecule has 1 aliphatic rings. The molecule has 1 aliphatic heterocycles. The molecule has 0 radical (unpaired) electrons. The van der Waals surface area contributed by atoms with Crippen LogP contribution < -0.4 is 10.2 Å². The molecular weight excluding hydrogens is 238 g/mol. The van der Waals surface area contributed by atoms with E-state index in [1.54, 1.807) is 0 Å². The van der Waals surface area contributed by atoms with Gasteiger partial charge in [0.15, 0.2) is 0 Å². The van der Waals surface area contributed by atoms with Gasteiger partial charge in [-0.2, -0.15) is 0 Å². The standard InChI is InChI=1S/C15H23N3O/c1-12-4-5-14(10-13(12)2)18-9-8-17(7-6-16-3)11-15(18)19/h4-5,10,16H,6-9,11H2,1-3H3. The molecule has 1 fully saturated rings. The number of anilines is 1. The summed E-state index contributed by atoms with van der Waals surface area (Å²) in [4.78, 5) is 16.3. The van der Waals surface area contributed by atoms with Gasteiger partial charge >= 0.3 is 0 Å². The van der Waals surface area contributed by atoms with E-state index in [0.717, 1.165) is 31.9 Å². The third kappa shape index (κ3) is 3.33. The zero-order valence-corrected chi connectivity index (χ0v) is 12.1. The SMILES string of the molecule is CNCCN1CCN(c2ccc(C)c(C)c2)C(=O)C1. The minimum absolute atomic E-state index is 0.200. The van der Waals surface area contributed by atoms with Crippen molar-refractivity contribution in [1.82, 2.24) is 10.2 Å². The first kappa shape index (κ1) is 14.0. The summed E-state index contributed by atoms with van der Waals surface area (Å²) in [5, 5.41) is 3.12. The van der Waals surface area contributed by atoms with Gasteiger partial charge in [-0.25, -0.2) is 0 Å². The summed E-state index contributed by atoms with van der Waals surface area (Å²) < 4.78 is 0. The topological polar surface area (TPSA) is 35.6 Å². The van der Waals surface area contributed by atoms with Crippen molar-refractivity contribution in [3.8, 4) is 0 Å². The molecule has 0 aromatic heterocycles. The quantitative estimate of drug-likeness (QED) is 0.884. The Morgan fingerprint density at radius 2 is 2.00 bits per heavy atom. The molecule has 1 heterocycles. The van der Waals surface area contributed by atoms with E-state index < -0.39 is 0 Å². The van der Waals surface area contributed by atoms with Gasteiger partial charge in [0.2, 0.25) is 5.91 Å². The second kappa shape index (κ2) is 6.17. The fraction of sp³-hybridized carbons (Fsp3) is 0.533. The van der Waals surface area contributed by atoms with Crippen LogP contribution in [0.5, 0.6) is 0 Å². The van der Waals surface area contributed by atoms with Crippen molar-refractivity contribution >= 4 is 11.6 Å². The molecule has 2 rings (SSSR count). The summed E-state index contributed by atoms with van der Waals surface area (Å²) in [6, 6.07) is 6.24. The van der Waals surface area contributed by atoms with E-state index in [1.165, 1.54) is 11.1 Å². The Labute approximate surface area is 115 Å². The van der Waals surface area contributed by atoms with E-state index in [9.17, 15) is 4.79 Å². The predicted octanol–water partition coefficient (Wildman–Crippen LogP) is 1.17. The first-order valence-corrected chi connectivity index (χ1v) is 6.86. The van der Waals surface area contributed by atoms with Crippen LogP contribution >= 0.6 is 0 Å². The maximum atomic E-state index is 12.2. The van der Waals surface area contributed by atoms with Gasteiger partial charge in [-0.15, -0.1) is 0 Å². The molecule has 104 valence electrons. The van der Waals surface area contributed by atoms with Crippen LogP contribution in [0.15, 0.2) is 18.2 Å². The Morgan fingerprint density at radius 1 is 1.21 bits per heavy atom. The maximum absolute atomic E-state index is 12.2. The zero-order valence-electron chi connectivity index (χ0n) is 12.1. The van der Waals surface area contributed by atoms with Crippen LogP contribution in [0.1, 0.15) is 11.1 Å². The summed E-state index contributed by atoms with van der Waals surface area (Å²) in [5.41, 5.74) is 3.54. The average Bonchev–Trinajstić information content (AvgIpc) is 2.40. The lowest BCUT2D eigenvalue weighted by Gasteiger charge is -2.34. The van der Waals surface area contributed by atoms with Crippen LogP contribution in [0.4, 0.5) is 5.69 Å². The van der Waals surface area contributed by atoms with Gasteiger partial charge in [0, 0.05) is 31.9 Å². The van der Waals surface area contributed by atoms with E-state index >= 15 is 0 Å². The average molecular weight is 261 g/mol. The lowest BCUT2D eigenvalue weighted by atomic mass is 10.1. The lowest BCUT2D eigenvalue weighted by molar-refractivity contribution is -0.121. The summed E-state index contributed by atoms with van der Waals surface area (Å²) >= 11 is 0. The fourth-order valence-corrected chi connectivity index (χ4v) is 2.35. The highest BCUT2D eigenvalue weighted by Gasteiger charge is 2.24. The summed E-state index contributed by atoms with van der Waals surface area (Å²) in [7, 11) is 1.94. The molecule has 0 saturated carbocycles. The summed E-state index contributed by atoms with van der Waals surface area (Å²) in [5.74, 6) is 0.200. The van der Waals surface area contributed by atoms with Crippen LogP contribution in [0.2, 0.25) is 0 Å². The van der Waals surface area contributed by atoms with Gasteiger partial charge in [-0.3, -0.25) is 9.69 Å². The second-order valence-electron chi connectivity index (χ2n) is 5.19. The number of nitrogens with one attached hydrogen (secondary N) is 1. The molecule has 1 amide bonds. The minimum Gasteiger partial charge on any atom is -0.318 e. The van der Waals surface area contributed by atoms with Crippen LogP contribution in [0.25, 0.3) is 0 Å². The highest BCUT2D eigenvalue weighted by molar-refractivity contribution is 5.95. The number of benzene rings is 1. The second-order valence-corrected chi connectivity index (χ2v) is 5.19. The molecule has 1 aromatic carbocycles. The fourth-order valence-electron chi connectivity index (χ4n) is 2.35. The van der Waals surface area contributed by atoms with Crippen molar-refractivity contribution in [1.29, 1.82) is 0 Å². The van der Waals surface area contributed by atoms with Crippen molar-refractivity contribution in [3.05, 3.63) is 29.3 Å². The third-order valence-corrected chi connectivity index (χ3v) is 3.78. The molecule has 1 aromatic rings. The maximum Gasteiger partial charge on any atom is 0.241 e. The molecule has 4 heteroatoms. The van der Waals surface area contributed by atoms with E-state index in [0.29, 0.717) is 6.54 Å². The van der Waals surface area contributed by atoms with Gasteiger partial charge in [0.25, 0.3) is 0 Å². The largest absolute Gasteiger partial charge is 0.318 e. The Kier molecular flexibility index (Phi) is 4.56. The molecule has 0 unspecified atom stereocenters. The lowest BCUT2D eigenvalue weighted by Crippen LogP contribution is -2.51. The van der Waals surface area contributed by atoms with Crippen LogP contribution in [0.3, 0.4) is 0 Å². The van der Waals surface area contributed by atoms with Crippen LogP contribution in [-0.2, 0) is 4.79 Å². The molecule has 0 spiro atoms. The highest BCUT2D eigenvalue weighted by atomic mass is 16.2. The number of carbonyl (C=O) groups is 1. The zero-order chi connectivity index (χ0) is 13.8. The minimum atomic E-state index is 0.200. The van der Waals surface area contributed by atoms with E-state index in [2.05, 4.69) is 36.2 Å². The van der Waals surface area contributed by atoms with Crippen molar-refractivity contribution in [2.75, 3.05) is 44.7 Å². The number of piperazine rings is 1. The summed E-state index contributed by atoms with van der Waals surface area (Å²) in [6.07, 6.45) is 0. The van der Waals surface area contributed by atoms with Gasteiger partial charge in [0.05, 0.1) is 6.54 Å². The Balaban J connectivity index is 2.03. The van der Waals surface area contributed by atoms with Crippen molar-refractivity contribution < 1.29 is 4.79 Å². The van der Waals surface area contributed by atoms with Gasteiger partial charge < -0.3 is 10.2 Å². The van der Waals surface area contributed by atoms with Gasteiger partial charge in [-0.1, -0.05) is 6.07 Å². The number of amides is 1. The van der Waals surface area contributed by atoms with Gasteiger partial charge in [0.1, 0.15) is 0 Å². The number of likely N-dealkylation sites (N-methyl/N-ethyl adjacent to an activating group) is 1. The molecule has 0 atom stereocenters. The molecule has 0 bridgehead atoms. The first-order valence-electron chi connectivity index (χ1n) is 6.86. The first-order chi connectivity index (χ1) is 9.11. The van der Waals surface area contributed by atoms with Crippen LogP contribution in [0, 0.1) is 13.8 Å². The van der Waals surface area contributed by atoms with E-state index in [1.807, 2.05) is 18.0 Å². The number of hydrogen-bond donors (Lipinski definition) is 1. The molecule has 0 aliphatic carbocycles. The molecular formula is C15H23N3O.